The molecule has 2 aromatic rings. The van der Waals surface area contributed by atoms with Crippen LogP contribution in [0.15, 0.2) is 54.6 Å². The summed E-state index contributed by atoms with van der Waals surface area (Å²) in [6.45, 7) is 6.58. The molecule has 5 heteroatoms. The maximum Gasteiger partial charge on any atom is 0.227 e. The lowest BCUT2D eigenvalue weighted by atomic mass is 9.81. The Kier molecular flexibility index (Phi) is 6.57. The van der Waals surface area contributed by atoms with Crippen LogP contribution < -0.4 is 4.74 Å². The van der Waals surface area contributed by atoms with Crippen LogP contribution in [0, 0.1) is 0 Å². The molecule has 5 nitrogen and oxygen atoms in total. The SMILES string of the molecule is COc1ccc(CC(=O)N2CCN(C(=O)CC(C)(C)c3ccccc3)CC2)cc1. The van der Waals surface area contributed by atoms with Gasteiger partial charge in [0.15, 0.2) is 0 Å². The number of ether oxygens (including phenoxy) is 1. The van der Waals surface area contributed by atoms with Crippen LogP contribution in [0.4, 0.5) is 0 Å². The fraction of sp³-hybridized carbons (Fsp3) is 0.417. The van der Waals surface area contributed by atoms with E-state index >= 15 is 0 Å². The van der Waals surface area contributed by atoms with Crippen LogP contribution in [0.2, 0.25) is 0 Å². The summed E-state index contributed by atoms with van der Waals surface area (Å²) in [6.07, 6.45) is 0.843. The molecule has 1 saturated heterocycles. The Morgan fingerprint density at radius 2 is 1.41 bits per heavy atom. The van der Waals surface area contributed by atoms with Crippen molar-refractivity contribution in [2.45, 2.75) is 32.1 Å². The van der Waals surface area contributed by atoms with Gasteiger partial charge in [0.2, 0.25) is 11.8 Å². The number of carbonyl (C=O) groups is 2. The average Bonchev–Trinajstić information content (AvgIpc) is 2.74. The Hall–Kier alpha value is -2.82. The third kappa shape index (κ3) is 5.37. The van der Waals surface area contributed by atoms with E-state index in [1.54, 1.807) is 7.11 Å². The van der Waals surface area contributed by atoms with Crippen molar-refractivity contribution in [3.05, 3.63) is 65.7 Å². The first kappa shape index (κ1) is 20.9. The summed E-state index contributed by atoms with van der Waals surface area (Å²) in [7, 11) is 1.63. The summed E-state index contributed by atoms with van der Waals surface area (Å²) in [4.78, 5) is 29.2. The first-order valence-electron chi connectivity index (χ1n) is 10.1. The molecule has 0 saturated carbocycles. The molecule has 0 atom stereocenters. The minimum absolute atomic E-state index is 0.104. The van der Waals surface area contributed by atoms with Crippen LogP contribution in [-0.4, -0.2) is 54.9 Å². The normalized spacial score (nSPS) is 14.6. The molecule has 29 heavy (non-hydrogen) atoms. The molecule has 154 valence electrons. The fourth-order valence-corrected chi connectivity index (χ4v) is 3.72. The van der Waals surface area contributed by atoms with Crippen molar-refractivity contribution < 1.29 is 14.3 Å². The second kappa shape index (κ2) is 9.12. The quantitative estimate of drug-likeness (QED) is 0.756. The number of amides is 2. The number of benzene rings is 2. The van der Waals surface area contributed by atoms with Gasteiger partial charge in [-0.25, -0.2) is 0 Å². The largest absolute Gasteiger partial charge is 0.497 e. The third-order valence-corrected chi connectivity index (χ3v) is 5.65. The van der Waals surface area contributed by atoms with E-state index in [-0.39, 0.29) is 17.2 Å². The second-order valence-electron chi connectivity index (χ2n) is 8.21. The third-order valence-electron chi connectivity index (χ3n) is 5.65. The van der Waals surface area contributed by atoms with Crippen LogP contribution in [0.25, 0.3) is 0 Å². The van der Waals surface area contributed by atoms with E-state index in [0.29, 0.717) is 39.0 Å². The molecule has 0 aliphatic carbocycles. The van der Waals surface area contributed by atoms with Crippen molar-refractivity contribution in [3.8, 4) is 5.75 Å². The summed E-state index contributed by atoms with van der Waals surface area (Å²) in [5.41, 5.74) is 1.93. The molecule has 1 fully saturated rings. The Morgan fingerprint density at radius 1 is 0.862 bits per heavy atom. The Balaban J connectivity index is 1.50. The number of carbonyl (C=O) groups excluding carboxylic acids is 2. The number of nitrogens with zero attached hydrogens (tertiary/aromatic N) is 2. The van der Waals surface area contributed by atoms with Crippen molar-refractivity contribution in [2.75, 3.05) is 33.3 Å². The van der Waals surface area contributed by atoms with E-state index in [4.69, 9.17) is 4.74 Å². The molecule has 0 radical (unpaired) electrons. The number of rotatable bonds is 6. The summed E-state index contributed by atoms with van der Waals surface area (Å²) in [6, 6.07) is 17.7. The molecular weight excluding hydrogens is 364 g/mol. The molecule has 0 N–H and O–H groups in total. The zero-order valence-corrected chi connectivity index (χ0v) is 17.6. The molecule has 2 amide bonds. The standard InChI is InChI=1S/C24H30N2O3/c1-24(2,20-7-5-4-6-8-20)18-23(28)26-15-13-25(14-16-26)22(27)17-19-9-11-21(29-3)12-10-19/h4-12H,13-18H2,1-3H3. The highest BCUT2D eigenvalue weighted by atomic mass is 16.5. The maximum atomic E-state index is 12.8. The van der Waals surface area contributed by atoms with Gasteiger partial charge in [-0.05, 0) is 28.7 Å². The highest BCUT2D eigenvalue weighted by Gasteiger charge is 2.29. The van der Waals surface area contributed by atoms with Crippen molar-refractivity contribution in [1.82, 2.24) is 9.80 Å². The van der Waals surface area contributed by atoms with Gasteiger partial charge in [-0.3, -0.25) is 9.59 Å². The maximum absolute atomic E-state index is 12.8. The van der Waals surface area contributed by atoms with Gasteiger partial charge in [-0.15, -0.1) is 0 Å². The predicted octanol–water partition coefficient (Wildman–Crippen LogP) is 3.28. The van der Waals surface area contributed by atoms with E-state index in [9.17, 15) is 9.59 Å². The van der Waals surface area contributed by atoms with Crippen LogP contribution in [0.1, 0.15) is 31.4 Å². The van der Waals surface area contributed by atoms with Crippen molar-refractivity contribution in [3.63, 3.8) is 0 Å². The van der Waals surface area contributed by atoms with E-state index in [1.165, 1.54) is 5.56 Å². The predicted molar refractivity (Wildman–Crippen MR) is 114 cm³/mol. The van der Waals surface area contributed by atoms with Gasteiger partial charge in [-0.1, -0.05) is 56.3 Å². The molecule has 1 heterocycles. The summed E-state index contributed by atoms with van der Waals surface area (Å²) in [5, 5.41) is 0. The van der Waals surface area contributed by atoms with E-state index < -0.39 is 0 Å². The lowest BCUT2D eigenvalue weighted by molar-refractivity contribution is -0.139. The first-order valence-corrected chi connectivity index (χ1v) is 10.1. The Labute approximate surface area is 173 Å². The zero-order valence-electron chi connectivity index (χ0n) is 17.6. The molecule has 0 spiro atoms. The minimum atomic E-state index is -0.209. The Bertz CT molecular complexity index is 823. The van der Waals surface area contributed by atoms with Gasteiger partial charge < -0.3 is 14.5 Å². The van der Waals surface area contributed by atoms with Gasteiger partial charge in [0, 0.05) is 32.6 Å². The minimum Gasteiger partial charge on any atom is -0.497 e. The van der Waals surface area contributed by atoms with E-state index in [2.05, 4.69) is 26.0 Å². The summed E-state index contributed by atoms with van der Waals surface area (Å²) < 4.78 is 5.15. The molecule has 0 aromatic heterocycles. The number of hydrogen-bond donors (Lipinski definition) is 0. The lowest BCUT2D eigenvalue weighted by Gasteiger charge is -2.36. The zero-order chi connectivity index (χ0) is 20.9. The molecule has 0 bridgehead atoms. The number of hydrogen-bond acceptors (Lipinski definition) is 3. The van der Waals surface area contributed by atoms with Crippen LogP contribution in [0.3, 0.4) is 0 Å². The fourth-order valence-electron chi connectivity index (χ4n) is 3.72. The van der Waals surface area contributed by atoms with Gasteiger partial charge in [0.05, 0.1) is 13.5 Å². The van der Waals surface area contributed by atoms with Gasteiger partial charge >= 0.3 is 0 Å². The molecule has 3 rings (SSSR count). The Morgan fingerprint density at radius 3 is 1.97 bits per heavy atom. The van der Waals surface area contributed by atoms with Crippen LogP contribution in [-0.2, 0) is 21.4 Å². The number of piperazine rings is 1. The van der Waals surface area contributed by atoms with Gasteiger partial charge in [0.1, 0.15) is 5.75 Å². The van der Waals surface area contributed by atoms with E-state index in [1.807, 2.05) is 52.3 Å². The molecule has 1 aliphatic rings. The average molecular weight is 395 g/mol. The van der Waals surface area contributed by atoms with Crippen LogP contribution in [0.5, 0.6) is 5.75 Å². The van der Waals surface area contributed by atoms with Crippen molar-refractivity contribution >= 4 is 11.8 Å². The first-order chi connectivity index (χ1) is 13.9. The molecule has 0 unspecified atom stereocenters. The lowest BCUT2D eigenvalue weighted by Crippen LogP contribution is -2.51. The topological polar surface area (TPSA) is 49.9 Å². The smallest absolute Gasteiger partial charge is 0.227 e. The highest BCUT2D eigenvalue weighted by Crippen LogP contribution is 2.27. The van der Waals surface area contributed by atoms with Crippen molar-refractivity contribution in [1.29, 1.82) is 0 Å². The second-order valence-corrected chi connectivity index (χ2v) is 8.21. The van der Waals surface area contributed by atoms with Gasteiger partial charge in [0.25, 0.3) is 0 Å². The molecule has 1 aliphatic heterocycles. The highest BCUT2D eigenvalue weighted by molar-refractivity contribution is 5.80. The van der Waals surface area contributed by atoms with Crippen molar-refractivity contribution in [2.24, 2.45) is 0 Å². The number of methoxy groups -OCH3 is 1. The summed E-state index contributed by atoms with van der Waals surface area (Å²) >= 11 is 0. The van der Waals surface area contributed by atoms with E-state index in [0.717, 1.165) is 11.3 Å². The van der Waals surface area contributed by atoms with Gasteiger partial charge in [-0.2, -0.15) is 0 Å². The monoisotopic (exact) mass is 394 g/mol. The molecule has 2 aromatic carbocycles. The molecular formula is C24H30N2O3. The van der Waals surface area contributed by atoms with Crippen LogP contribution >= 0.6 is 0 Å². The summed E-state index contributed by atoms with van der Waals surface area (Å²) in [5.74, 6) is 1.04.